The van der Waals surface area contributed by atoms with Crippen molar-refractivity contribution >= 4 is 11.6 Å². The minimum Gasteiger partial charge on any atom is -0.359 e. The lowest BCUT2D eigenvalue weighted by atomic mass is 9.99. The van der Waals surface area contributed by atoms with Crippen LogP contribution in [0.3, 0.4) is 0 Å². The predicted octanol–water partition coefficient (Wildman–Crippen LogP) is 2.53. The summed E-state index contributed by atoms with van der Waals surface area (Å²) in [4.78, 5) is 4.36. The Morgan fingerprint density at radius 1 is 0.639 bits per heavy atom. The summed E-state index contributed by atoms with van der Waals surface area (Å²) in [5, 5.41) is 33.2. The van der Waals surface area contributed by atoms with Crippen LogP contribution in [0.2, 0.25) is 0 Å². The van der Waals surface area contributed by atoms with E-state index < -0.39 is 0 Å². The van der Waals surface area contributed by atoms with Gasteiger partial charge in [0.2, 0.25) is 23.0 Å². The fraction of sp³-hybridized carbons (Fsp3) is 0.250. The van der Waals surface area contributed by atoms with Crippen LogP contribution in [0.1, 0.15) is 22.3 Å². The third kappa shape index (κ3) is 3.29. The van der Waals surface area contributed by atoms with Gasteiger partial charge >= 0.3 is 0 Å². The summed E-state index contributed by atoms with van der Waals surface area (Å²) in [5.41, 5.74) is 5.69. The molecule has 0 bridgehead atoms. The van der Waals surface area contributed by atoms with Crippen molar-refractivity contribution < 1.29 is 18.8 Å². The number of hydrogen-bond donors (Lipinski definition) is 0. The molecule has 3 aromatic heterocycles. The van der Waals surface area contributed by atoms with E-state index in [-0.39, 0.29) is 17.1 Å². The van der Waals surface area contributed by atoms with Crippen LogP contribution in [0.4, 0.5) is 11.6 Å². The highest BCUT2D eigenvalue weighted by Gasteiger charge is 2.37. The Hall–Kier alpha value is -4.74. The average Bonchev–Trinajstić information content (AvgIpc) is 3.67. The highest BCUT2D eigenvalue weighted by molar-refractivity contribution is 5.82. The number of benzene rings is 2. The third-order valence-electron chi connectivity index (χ3n) is 6.86. The molecule has 5 heterocycles. The highest BCUT2D eigenvalue weighted by atomic mass is 16.8. The Kier molecular flexibility index (Phi) is 4.69. The van der Waals surface area contributed by atoms with Gasteiger partial charge in [-0.05, 0) is 60.6 Å². The van der Waals surface area contributed by atoms with Gasteiger partial charge in [0.1, 0.15) is 0 Å². The molecule has 0 spiro atoms. The van der Waals surface area contributed by atoms with Gasteiger partial charge in [-0.3, -0.25) is 4.63 Å². The van der Waals surface area contributed by atoms with Gasteiger partial charge in [0.05, 0.1) is 0 Å². The van der Waals surface area contributed by atoms with E-state index in [1.807, 2.05) is 34.1 Å². The molecule has 0 amide bonds. The Labute approximate surface area is 204 Å². The van der Waals surface area contributed by atoms with E-state index in [2.05, 4.69) is 50.0 Å². The van der Waals surface area contributed by atoms with Gasteiger partial charge in [-0.15, -0.1) is 0 Å². The Balaban J connectivity index is 1.25. The van der Waals surface area contributed by atoms with Crippen LogP contribution >= 0.6 is 0 Å². The summed E-state index contributed by atoms with van der Waals surface area (Å²) in [6, 6.07) is 16.5. The van der Waals surface area contributed by atoms with Gasteiger partial charge in [-0.2, -0.15) is 0 Å². The molecule has 0 atom stereocenters. The maximum atomic E-state index is 12.8. The number of aromatic nitrogens is 6. The van der Waals surface area contributed by atoms with Crippen molar-refractivity contribution in [2.24, 2.45) is 0 Å². The highest BCUT2D eigenvalue weighted by Crippen LogP contribution is 2.37. The van der Waals surface area contributed by atoms with Crippen molar-refractivity contribution in [3.63, 3.8) is 0 Å². The standard InChI is InChI=1S/C24H20N8O4/c33-32-22(21-24(29-35-26-21)31-12-10-16-6-2-4-8-18(16)14-31)19(27-36-32)20-23(28-34-25-20)30-11-9-15-5-1-3-7-17(15)13-30/h1-8H,9-14H2. The average molecular weight is 484 g/mol. The summed E-state index contributed by atoms with van der Waals surface area (Å²) >= 11 is 0. The van der Waals surface area contributed by atoms with Gasteiger partial charge in [-0.25, -0.2) is 9.26 Å². The van der Waals surface area contributed by atoms with Crippen LogP contribution in [0.5, 0.6) is 0 Å². The topological polar surface area (TPSA) is 137 Å². The van der Waals surface area contributed by atoms with Crippen LogP contribution in [0, 0.1) is 5.21 Å². The van der Waals surface area contributed by atoms with Crippen molar-refractivity contribution in [2.45, 2.75) is 25.9 Å². The van der Waals surface area contributed by atoms with E-state index in [9.17, 15) is 5.21 Å². The fourth-order valence-corrected chi connectivity index (χ4v) is 5.04. The first-order chi connectivity index (χ1) is 17.8. The minimum atomic E-state index is 0.0412. The Bertz CT molecular complexity index is 1560. The number of fused-ring (bicyclic) bond motifs is 2. The van der Waals surface area contributed by atoms with Gasteiger partial charge in [0.25, 0.3) is 11.4 Å². The predicted molar refractivity (Wildman–Crippen MR) is 124 cm³/mol. The maximum Gasteiger partial charge on any atom is 0.284 e. The Morgan fingerprint density at radius 2 is 1.17 bits per heavy atom. The van der Waals surface area contributed by atoms with Crippen LogP contribution < -0.4 is 14.7 Å². The van der Waals surface area contributed by atoms with Crippen molar-refractivity contribution in [1.29, 1.82) is 0 Å². The maximum absolute atomic E-state index is 12.8. The number of anilines is 2. The van der Waals surface area contributed by atoms with E-state index in [1.54, 1.807) is 0 Å². The van der Waals surface area contributed by atoms with Crippen molar-refractivity contribution in [3.05, 3.63) is 76.0 Å². The summed E-state index contributed by atoms with van der Waals surface area (Å²) < 4.78 is 15.2. The Morgan fingerprint density at radius 3 is 1.78 bits per heavy atom. The SMILES string of the molecule is [O-][n+]1onc(-c2nonc2N2CCc3ccccc3C2)c1-c1nonc1N1CCc2ccccc2C1. The van der Waals surface area contributed by atoms with Gasteiger partial charge < -0.3 is 15.0 Å². The molecule has 5 aromatic rings. The molecule has 36 heavy (non-hydrogen) atoms. The molecule has 2 aliphatic rings. The second-order valence-electron chi connectivity index (χ2n) is 8.88. The molecule has 0 radical (unpaired) electrons. The summed E-state index contributed by atoms with van der Waals surface area (Å²) in [7, 11) is 0. The molecule has 0 saturated heterocycles. The molecule has 2 aromatic carbocycles. The van der Waals surface area contributed by atoms with Crippen LogP contribution in [-0.4, -0.2) is 38.9 Å². The zero-order chi connectivity index (χ0) is 24.1. The molecule has 0 N–H and O–H groups in total. The third-order valence-corrected chi connectivity index (χ3v) is 6.86. The molecule has 12 heteroatoms. The largest absolute Gasteiger partial charge is 0.359 e. The lowest BCUT2D eigenvalue weighted by Crippen LogP contribution is -2.32. The lowest BCUT2D eigenvalue weighted by molar-refractivity contribution is -0.793. The van der Waals surface area contributed by atoms with E-state index in [4.69, 9.17) is 13.9 Å². The number of nitrogens with zero attached hydrogens (tertiary/aromatic N) is 8. The number of hydrogen-bond acceptors (Lipinski definition) is 11. The second-order valence-corrected chi connectivity index (χ2v) is 8.88. The zero-order valence-corrected chi connectivity index (χ0v) is 19.1. The minimum absolute atomic E-state index is 0.0412. The van der Waals surface area contributed by atoms with E-state index in [0.29, 0.717) is 48.4 Å². The van der Waals surface area contributed by atoms with E-state index in [0.717, 1.165) is 12.8 Å². The fourth-order valence-electron chi connectivity index (χ4n) is 5.04. The van der Waals surface area contributed by atoms with Gasteiger partial charge in [-0.1, -0.05) is 48.5 Å². The first-order valence-corrected chi connectivity index (χ1v) is 11.7. The molecular formula is C24H20N8O4. The normalized spacial score (nSPS) is 15.1. The first-order valence-electron chi connectivity index (χ1n) is 11.7. The van der Waals surface area contributed by atoms with Crippen molar-refractivity contribution in [3.8, 4) is 22.8 Å². The van der Waals surface area contributed by atoms with Gasteiger partial charge in [0, 0.05) is 31.3 Å². The second kappa shape index (κ2) is 8.18. The molecule has 180 valence electrons. The molecule has 7 rings (SSSR count). The molecular weight excluding hydrogens is 464 g/mol. The van der Waals surface area contributed by atoms with Crippen molar-refractivity contribution in [2.75, 3.05) is 22.9 Å². The van der Waals surface area contributed by atoms with Gasteiger partial charge in [0.15, 0.2) is 0 Å². The smallest absolute Gasteiger partial charge is 0.284 e. The molecule has 12 nitrogen and oxygen atoms in total. The summed E-state index contributed by atoms with van der Waals surface area (Å²) in [6.07, 6.45) is 1.69. The van der Waals surface area contributed by atoms with Crippen LogP contribution in [0.15, 0.2) is 62.4 Å². The quantitative estimate of drug-likeness (QED) is 0.348. The zero-order valence-electron chi connectivity index (χ0n) is 19.1. The molecule has 0 aliphatic carbocycles. The number of rotatable bonds is 4. The van der Waals surface area contributed by atoms with Crippen molar-refractivity contribution in [1.82, 2.24) is 25.8 Å². The molecule has 0 saturated carbocycles. The lowest BCUT2D eigenvalue weighted by Gasteiger charge is -2.28. The van der Waals surface area contributed by atoms with E-state index in [1.165, 1.54) is 22.3 Å². The monoisotopic (exact) mass is 484 g/mol. The summed E-state index contributed by atoms with van der Waals surface area (Å²) in [6.45, 7) is 2.65. The molecule has 0 fully saturated rings. The summed E-state index contributed by atoms with van der Waals surface area (Å²) in [5.74, 6) is 0.910. The molecule has 2 aliphatic heterocycles. The van der Waals surface area contributed by atoms with Crippen LogP contribution in [-0.2, 0) is 25.9 Å². The molecule has 0 unspecified atom stereocenters. The van der Waals surface area contributed by atoms with Crippen LogP contribution in [0.25, 0.3) is 22.8 Å². The van der Waals surface area contributed by atoms with E-state index >= 15 is 0 Å². The first kappa shape index (κ1) is 20.6.